The van der Waals surface area contributed by atoms with Crippen molar-refractivity contribution in [3.63, 3.8) is 0 Å². The molecule has 0 saturated heterocycles. The summed E-state index contributed by atoms with van der Waals surface area (Å²) in [6.45, 7) is 0.314. The number of benzene rings is 2. The summed E-state index contributed by atoms with van der Waals surface area (Å²) < 4.78 is 27.0. The number of hydrogen-bond donors (Lipinski definition) is 1. The van der Waals surface area contributed by atoms with Crippen LogP contribution in [0.15, 0.2) is 46.9 Å². The van der Waals surface area contributed by atoms with E-state index >= 15 is 0 Å². The zero-order chi connectivity index (χ0) is 12.3. The molecule has 17 heavy (non-hydrogen) atoms. The molecule has 2 aromatic rings. The second-order valence-electron chi connectivity index (χ2n) is 3.57. The molecule has 88 valence electrons. The van der Waals surface area contributed by atoms with Crippen molar-refractivity contribution in [2.24, 2.45) is 0 Å². The van der Waals surface area contributed by atoms with Crippen LogP contribution >= 0.6 is 15.9 Å². The Labute approximate surface area is 107 Å². The van der Waals surface area contributed by atoms with Crippen LogP contribution in [-0.4, -0.2) is 0 Å². The van der Waals surface area contributed by atoms with E-state index in [-0.39, 0.29) is 0 Å². The van der Waals surface area contributed by atoms with E-state index < -0.39 is 11.6 Å². The highest BCUT2D eigenvalue weighted by molar-refractivity contribution is 9.10. The minimum atomic E-state index is -0.563. The maximum absolute atomic E-state index is 13.4. The second-order valence-corrected chi connectivity index (χ2v) is 4.42. The van der Waals surface area contributed by atoms with Gasteiger partial charge in [-0.15, -0.1) is 0 Å². The van der Waals surface area contributed by atoms with Gasteiger partial charge in [-0.25, -0.2) is 8.78 Å². The van der Waals surface area contributed by atoms with Gasteiger partial charge in [0, 0.05) is 28.3 Å². The van der Waals surface area contributed by atoms with Crippen molar-refractivity contribution in [3.05, 3.63) is 64.1 Å². The third-order valence-electron chi connectivity index (χ3n) is 2.36. The van der Waals surface area contributed by atoms with Crippen LogP contribution in [0.2, 0.25) is 0 Å². The monoisotopic (exact) mass is 297 g/mol. The zero-order valence-corrected chi connectivity index (χ0v) is 10.5. The van der Waals surface area contributed by atoms with E-state index in [1.54, 1.807) is 0 Å². The minimum Gasteiger partial charge on any atom is -0.380 e. The van der Waals surface area contributed by atoms with Crippen LogP contribution in [0.5, 0.6) is 0 Å². The van der Waals surface area contributed by atoms with E-state index in [4.69, 9.17) is 0 Å². The summed E-state index contributed by atoms with van der Waals surface area (Å²) in [6.07, 6.45) is 0. The van der Waals surface area contributed by atoms with Crippen molar-refractivity contribution in [2.75, 3.05) is 5.32 Å². The lowest BCUT2D eigenvalue weighted by Crippen LogP contribution is -2.02. The molecule has 1 nitrogen and oxygen atoms in total. The highest BCUT2D eigenvalue weighted by atomic mass is 79.9. The van der Waals surface area contributed by atoms with Crippen molar-refractivity contribution in [1.82, 2.24) is 0 Å². The molecule has 0 aliphatic rings. The van der Waals surface area contributed by atoms with Crippen molar-refractivity contribution in [2.45, 2.75) is 6.54 Å². The Morgan fingerprint density at radius 2 is 1.82 bits per heavy atom. The van der Waals surface area contributed by atoms with Crippen LogP contribution < -0.4 is 5.32 Å². The predicted octanol–water partition coefficient (Wildman–Crippen LogP) is 4.34. The molecule has 0 heterocycles. The number of nitrogens with one attached hydrogen (secondary N) is 1. The predicted molar refractivity (Wildman–Crippen MR) is 67.8 cm³/mol. The molecule has 0 atom stereocenters. The summed E-state index contributed by atoms with van der Waals surface area (Å²) in [5.74, 6) is -1.10. The van der Waals surface area contributed by atoms with Gasteiger partial charge in [0.25, 0.3) is 0 Å². The first-order valence-corrected chi connectivity index (χ1v) is 5.88. The Hall–Kier alpha value is -1.42. The Balaban J connectivity index is 2.10. The van der Waals surface area contributed by atoms with Gasteiger partial charge in [-0.1, -0.05) is 18.2 Å². The molecule has 0 unspecified atom stereocenters. The van der Waals surface area contributed by atoms with Gasteiger partial charge in [0.1, 0.15) is 11.6 Å². The minimum absolute atomic E-state index is 0.314. The molecule has 0 aromatic heterocycles. The molecule has 0 bridgehead atoms. The van der Waals surface area contributed by atoms with Gasteiger partial charge in [0.2, 0.25) is 0 Å². The van der Waals surface area contributed by atoms with Gasteiger partial charge >= 0.3 is 0 Å². The van der Waals surface area contributed by atoms with Crippen molar-refractivity contribution >= 4 is 21.6 Å². The fourth-order valence-corrected chi connectivity index (χ4v) is 1.89. The molecule has 0 radical (unpaired) electrons. The van der Waals surface area contributed by atoms with Gasteiger partial charge < -0.3 is 5.32 Å². The highest BCUT2D eigenvalue weighted by Gasteiger charge is 2.04. The Kier molecular flexibility index (Phi) is 3.74. The van der Waals surface area contributed by atoms with Crippen LogP contribution in [0.25, 0.3) is 0 Å². The van der Waals surface area contributed by atoms with Crippen molar-refractivity contribution in [1.29, 1.82) is 0 Å². The van der Waals surface area contributed by atoms with Crippen molar-refractivity contribution in [3.8, 4) is 0 Å². The first-order chi connectivity index (χ1) is 8.16. The van der Waals surface area contributed by atoms with Gasteiger partial charge in [0.05, 0.1) is 0 Å². The fourth-order valence-electron chi connectivity index (χ4n) is 1.46. The topological polar surface area (TPSA) is 12.0 Å². The molecule has 2 rings (SSSR count). The number of para-hydroxylation sites is 1. The largest absolute Gasteiger partial charge is 0.380 e. The first-order valence-electron chi connectivity index (χ1n) is 5.09. The Morgan fingerprint density at radius 3 is 2.53 bits per heavy atom. The van der Waals surface area contributed by atoms with Crippen LogP contribution in [0.3, 0.4) is 0 Å². The second kappa shape index (κ2) is 5.27. The molecule has 0 aliphatic carbocycles. The molecule has 0 amide bonds. The number of halogens is 3. The molecule has 0 aliphatic heterocycles. The lowest BCUT2D eigenvalue weighted by atomic mass is 10.2. The normalized spacial score (nSPS) is 10.3. The summed E-state index contributed by atoms with van der Waals surface area (Å²) in [7, 11) is 0. The van der Waals surface area contributed by atoms with E-state index in [1.165, 1.54) is 12.1 Å². The first kappa shape index (κ1) is 12.0. The molecule has 0 fully saturated rings. The summed E-state index contributed by atoms with van der Waals surface area (Å²) in [5, 5.41) is 3.08. The molecular weight excluding hydrogens is 288 g/mol. The highest BCUT2D eigenvalue weighted by Crippen LogP contribution is 2.22. The zero-order valence-electron chi connectivity index (χ0n) is 8.88. The van der Waals surface area contributed by atoms with E-state index in [0.29, 0.717) is 12.1 Å². The number of hydrogen-bond acceptors (Lipinski definition) is 1. The van der Waals surface area contributed by atoms with E-state index in [9.17, 15) is 8.78 Å². The van der Waals surface area contributed by atoms with Crippen LogP contribution in [0.4, 0.5) is 14.5 Å². The lowest BCUT2D eigenvalue weighted by Gasteiger charge is -2.09. The van der Waals surface area contributed by atoms with Gasteiger partial charge in [-0.05, 0) is 34.1 Å². The van der Waals surface area contributed by atoms with Crippen LogP contribution in [-0.2, 0) is 6.54 Å². The van der Waals surface area contributed by atoms with Crippen LogP contribution in [0.1, 0.15) is 5.56 Å². The Bertz CT molecular complexity index is 529. The summed E-state index contributed by atoms with van der Waals surface area (Å²) in [6, 6.07) is 11.1. The summed E-state index contributed by atoms with van der Waals surface area (Å²) >= 11 is 3.38. The summed E-state index contributed by atoms with van der Waals surface area (Å²) in [4.78, 5) is 0. The third-order valence-corrected chi connectivity index (χ3v) is 3.05. The van der Waals surface area contributed by atoms with E-state index in [1.807, 2.05) is 24.3 Å². The average molecular weight is 298 g/mol. The average Bonchev–Trinajstić information content (AvgIpc) is 2.30. The fraction of sp³-hybridized carbons (Fsp3) is 0.0769. The van der Waals surface area contributed by atoms with Crippen LogP contribution in [0, 0.1) is 11.6 Å². The quantitative estimate of drug-likeness (QED) is 0.889. The maximum Gasteiger partial charge on any atom is 0.131 e. The van der Waals surface area contributed by atoms with Gasteiger partial charge in [0.15, 0.2) is 0 Å². The van der Waals surface area contributed by atoms with Gasteiger partial charge in [-0.2, -0.15) is 0 Å². The molecule has 0 spiro atoms. The molecule has 2 aromatic carbocycles. The lowest BCUT2D eigenvalue weighted by molar-refractivity contribution is 0.574. The molecular formula is C13H10BrF2N. The standard InChI is InChI=1S/C13H10BrF2N/c14-11-3-1-2-4-13(11)17-8-9-5-6-10(15)7-12(9)16/h1-7,17H,8H2. The molecule has 4 heteroatoms. The smallest absolute Gasteiger partial charge is 0.131 e. The van der Waals surface area contributed by atoms with E-state index in [0.717, 1.165) is 16.2 Å². The maximum atomic E-state index is 13.4. The molecule has 1 N–H and O–H groups in total. The molecule has 0 saturated carbocycles. The number of anilines is 1. The SMILES string of the molecule is Fc1ccc(CNc2ccccc2Br)c(F)c1. The van der Waals surface area contributed by atoms with Gasteiger partial charge in [-0.3, -0.25) is 0 Å². The third kappa shape index (κ3) is 3.03. The van der Waals surface area contributed by atoms with E-state index in [2.05, 4.69) is 21.2 Å². The number of rotatable bonds is 3. The van der Waals surface area contributed by atoms with Crippen molar-refractivity contribution < 1.29 is 8.78 Å². The Morgan fingerprint density at radius 1 is 1.06 bits per heavy atom. The summed E-state index contributed by atoms with van der Waals surface area (Å²) in [5.41, 5.74) is 1.30.